The van der Waals surface area contributed by atoms with Crippen LogP contribution >= 0.6 is 11.8 Å². The Morgan fingerprint density at radius 1 is 1.32 bits per heavy atom. The third kappa shape index (κ3) is 4.60. The average Bonchev–Trinajstić information content (AvgIpc) is 3.18. The number of nitrogens with zero attached hydrogens (tertiary/aromatic N) is 4. The number of hydrogen-bond acceptors (Lipinski definition) is 9. The van der Waals surface area contributed by atoms with Crippen LogP contribution < -0.4 is 0 Å². The first-order valence-corrected chi connectivity index (χ1v) is 10.9. The highest BCUT2D eigenvalue weighted by atomic mass is 32.2. The van der Waals surface area contributed by atoms with Gasteiger partial charge < -0.3 is 8.94 Å². The van der Waals surface area contributed by atoms with Crippen molar-refractivity contribution in [2.24, 2.45) is 5.92 Å². The summed E-state index contributed by atoms with van der Waals surface area (Å²) in [6.45, 7) is 7.99. The van der Waals surface area contributed by atoms with Crippen molar-refractivity contribution in [2.75, 3.05) is 11.5 Å². The lowest BCUT2D eigenvalue weighted by atomic mass is 9.96. The van der Waals surface area contributed by atoms with Gasteiger partial charge in [0.15, 0.2) is 15.7 Å². The molecule has 1 fully saturated rings. The summed E-state index contributed by atoms with van der Waals surface area (Å²) in [4.78, 5) is 4.43. The van der Waals surface area contributed by atoms with Gasteiger partial charge in [-0.25, -0.2) is 8.42 Å². The molecule has 10 heteroatoms. The summed E-state index contributed by atoms with van der Waals surface area (Å²) in [5, 5.41) is 12.4. The number of rotatable bonds is 5. The summed E-state index contributed by atoms with van der Waals surface area (Å²) in [7, 11) is -2.90. The first-order valence-electron chi connectivity index (χ1n) is 8.16. The van der Waals surface area contributed by atoms with Gasteiger partial charge in [-0.1, -0.05) is 37.7 Å². The number of hydrogen-bond donors (Lipinski definition) is 0. The minimum absolute atomic E-state index is 0.0611. The Morgan fingerprint density at radius 3 is 2.68 bits per heavy atom. The zero-order chi connectivity index (χ0) is 18.2. The average molecular weight is 386 g/mol. The molecular formula is C15H22N4O4S2. The van der Waals surface area contributed by atoms with Crippen LogP contribution in [0.15, 0.2) is 14.2 Å². The van der Waals surface area contributed by atoms with Crippen LogP contribution in [0.2, 0.25) is 0 Å². The first-order chi connectivity index (χ1) is 11.6. The molecule has 0 N–H and O–H groups in total. The van der Waals surface area contributed by atoms with Gasteiger partial charge in [-0.3, -0.25) is 0 Å². The minimum atomic E-state index is -2.90. The Labute approximate surface area is 151 Å². The van der Waals surface area contributed by atoms with E-state index in [4.69, 9.17) is 8.94 Å². The van der Waals surface area contributed by atoms with Crippen LogP contribution in [0.1, 0.15) is 57.0 Å². The Kier molecular flexibility index (Phi) is 4.93. The van der Waals surface area contributed by atoms with Crippen LogP contribution in [0.4, 0.5) is 0 Å². The molecular weight excluding hydrogens is 364 g/mol. The van der Waals surface area contributed by atoms with E-state index >= 15 is 0 Å². The minimum Gasteiger partial charge on any atom is -0.416 e. The maximum Gasteiger partial charge on any atom is 0.277 e. The highest BCUT2D eigenvalue weighted by Gasteiger charge is 2.30. The molecule has 2 atom stereocenters. The number of thioether (sulfide) groups is 1. The van der Waals surface area contributed by atoms with Gasteiger partial charge in [-0.05, 0) is 19.3 Å². The SMILES string of the molecule is C[C@H](Sc1nnc(C[C@@H]2CCS(=O)(=O)C2)o1)c1nc(C(C)(C)C)no1. The van der Waals surface area contributed by atoms with Gasteiger partial charge >= 0.3 is 0 Å². The fourth-order valence-electron chi connectivity index (χ4n) is 2.55. The highest BCUT2D eigenvalue weighted by molar-refractivity contribution is 7.99. The Hall–Kier alpha value is -1.42. The Morgan fingerprint density at radius 2 is 2.08 bits per heavy atom. The van der Waals surface area contributed by atoms with Crippen LogP contribution in [0.5, 0.6) is 0 Å². The van der Waals surface area contributed by atoms with Crippen LogP contribution in [0.25, 0.3) is 0 Å². The Balaban J connectivity index is 1.60. The van der Waals surface area contributed by atoms with Crippen molar-refractivity contribution < 1.29 is 17.4 Å². The van der Waals surface area contributed by atoms with Gasteiger partial charge in [-0.2, -0.15) is 4.98 Å². The van der Waals surface area contributed by atoms with Crippen molar-refractivity contribution in [1.82, 2.24) is 20.3 Å². The maximum atomic E-state index is 11.5. The van der Waals surface area contributed by atoms with Gasteiger partial charge in [0.05, 0.1) is 16.8 Å². The van der Waals surface area contributed by atoms with Crippen molar-refractivity contribution in [3.8, 4) is 0 Å². The van der Waals surface area contributed by atoms with Crippen molar-refractivity contribution in [1.29, 1.82) is 0 Å². The molecule has 8 nitrogen and oxygen atoms in total. The second kappa shape index (κ2) is 6.71. The highest BCUT2D eigenvalue weighted by Crippen LogP contribution is 2.34. The van der Waals surface area contributed by atoms with Crippen molar-refractivity contribution in [2.45, 2.75) is 56.4 Å². The van der Waals surface area contributed by atoms with E-state index in [9.17, 15) is 8.42 Å². The molecule has 2 aromatic heterocycles. The molecule has 3 rings (SSSR count). The van der Waals surface area contributed by atoms with E-state index in [0.717, 1.165) is 0 Å². The van der Waals surface area contributed by atoms with Crippen LogP contribution in [-0.2, 0) is 21.7 Å². The molecule has 25 heavy (non-hydrogen) atoms. The molecule has 138 valence electrons. The van der Waals surface area contributed by atoms with Crippen LogP contribution in [0.3, 0.4) is 0 Å². The van der Waals surface area contributed by atoms with Crippen LogP contribution in [0, 0.1) is 5.92 Å². The van der Waals surface area contributed by atoms with Gasteiger partial charge in [0.1, 0.15) is 0 Å². The summed E-state index contributed by atoms with van der Waals surface area (Å²) in [5.41, 5.74) is -0.175. The van der Waals surface area contributed by atoms with Gasteiger partial charge in [-0.15, -0.1) is 10.2 Å². The molecule has 1 aliphatic heterocycles. The van der Waals surface area contributed by atoms with Crippen molar-refractivity contribution >= 4 is 21.6 Å². The molecule has 2 aromatic rings. The molecule has 1 aliphatic rings. The maximum absolute atomic E-state index is 11.5. The molecule has 0 radical (unpaired) electrons. The van der Waals surface area contributed by atoms with Gasteiger partial charge in [0.2, 0.25) is 11.8 Å². The molecule has 0 unspecified atom stereocenters. The van der Waals surface area contributed by atoms with E-state index in [1.165, 1.54) is 11.8 Å². The predicted molar refractivity (Wildman–Crippen MR) is 92.0 cm³/mol. The standard InChI is InChI=1S/C15H22N4O4S2/c1-9(12-16-13(19-23-12)15(2,3)4)24-14-18-17-11(22-14)7-10-5-6-25(20,21)8-10/h9-10H,5-8H2,1-4H3/t9-,10-/m0/s1. The fraction of sp³-hybridized carbons (Fsp3) is 0.733. The summed E-state index contributed by atoms with van der Waals surface area (Å²) < 4.78 is 34.0. The van der Waals surface area contributed by atoms with Gasteiger partial charge in [0, 0.05) is 11.8 Å². The summed E-state index contributed by atoms with van der Waals surface area (Å²) >= 11 is 1.34. The summed E-state index contributed by atoms with van der Waals surface area (Å²) in [5.74, 6) is 2.15. The third-order valence-corrected chi connectivity index (χ3v) is 6.74. The topological polar surface area (TPSA) is 112 Å². The molecule has 0 spiro atoms. The molecule has 3 heterocycles. The third-order valence-electron chi connectivity index (χ3n) is 3.98. The van der Waals surface area contributed by atoms with Crippen molar-refractivity contribution in [3.05, 3.63) is 17.6 Å². The largest absolute Gasteiger partial charge is 0.416 e. The normalized spacial score (nSPS) is 21.5. The number of aromatic nitrogens is 4. The zero-order valence-corrected chi connectivity index (χ0v) is 16.4. The first kappa shape index (κ1) is 18.4. The Bertz CT molecular complexity index is 838. The molecule has 1 saturated heterocycles. The van der Waals surface area contributed by atoms with E-state index in [2.05, 4.69) is 20.3 Å². The molecule has 0 amide bonds. The second-order valence-electron chi connectivity index (χ2n) is 7.40. The second-order valence-corrected chi connectivity index (χ2v) is 10.9. The van der Waals surface area contributed by atoms with E-state index in [1.54, 1.807) is 0 Å². The van der Waals surface area contributed by atoms with E-state index in [1.807, 2.05) is 27.7 Å². The monoisotopic (exact) mass is 386 g/mol. The van der Waals surface area contributed by atoms with Gasteiger partial charge in [0.25, 0.3) is 5.22 Å². The molecule has 0 aliphatic carbocycles. The van der Waals surface area contributed by atoms with E-state index in [0.29, 0.717) is 35.7 Å². The smallest absolute Gasteiger partial charge is 0.277 e. The fourth-order valence-corrected chi connectivity index (χ4v) is 5.15. The predicted octanol–water partition coefficient (Wildman–Crippen LogP) is 2.58. The van der Waals surface area contributed by atoms with Crippen LogP contribution in [-0.4, -0.2) is 40.3 Å². The quantitative estimate of drug-likeness (QED) is 0.715. The molecule has 0 aromatic carbocycles. The lowest BCUT2D eigenvalue weighted by molar-refractivity contribution is 0.362. The molecule has 0 bridgehead atoms. The summed E-state index contributed by atoms with van der Waals surface area (Å²) in [6, 6.07) is 0. The number of sulfone groups is 1. The van der Waals surface area contributed by atoms with E-state index in [-0.39, 0.29) is 28.1 Å². The lowest BCUT2D eigenvalue weighted by Gasteiger charge is -2.11. The van der Waals surface area contributed by atoms with E-state index < -0.39 is 9.84 Å². The lowest BCUT2D eigenvalue weighted by Crippen LogP contribution is -2.13. The van der Waals surface area contributed by atoms with Crippen molar-refractivity contribution in [3.63, 3.8) is 0 Å². The zero-order valence-electron chi connectivity index (χ0n) is 14.7. The molecule has 0 saturated carbocycles. The summed E-state index contributed by atoms with van der Waals surface area (Å²) in [6.07, 6.45) is 1.15.